The quantitative estimate of drug-likeness (QED) is 0.759. The van der Waals surface area contributed by atoms with E-state index in [1.165, 1.54) is 5.56 Å². The molecule has 5 heteroatoms. The maximum atomic E-state index is 12.1. The normalized spacial score (nSPS) is 10.7. The zero-order valence-electron chi connectivity index (χ0n) is 13.2. The summed E-state index contributed by atoms with van der Waals surface area (Å²) in [6, 6.07) is 11.6. The average molecular weight is 309 g/mol. The van der Waals surface area contributed by atoms with E-state index in [-0.39, 0.29) is 5.56 Å². The lowest BCUT2D eigenvalue weighted by Gasteiger charge is -2.08. The molecular formula is C18H19N3O2. The molecule has 0 saturated carbocycles. The van der Waals surface area contributed by atoms with Crippen LogP contribution >= 0.6 is 0 Å². The average Bonchev–Trinajstić information content (AvgIpc) is 2.55. The van der Waals surface area contributed by atoms with E-state index in [2.05, 4.69) is 21.4 Å². The van der Waals surface area contributed by atoms with E-state index >= 15 is 0 Å². The van der Waals surface area contributed by atoms with Crippen LogP contribution in [0.3, 0.4) is 0 Å². The van der Waals surface area contributed by atoms with Crippen LogP contribution in [0, 0.1) is 6.92 Å². The third-order valence-corrected chi connectivity index (χ3v) is 3.59. The first-order valence-corrected chi connectivity index (χ1v) is 7.61. The van der Waals surface area contributed by atoms with Crippen LogP contribution in [0.4, 0.5) is 5.69 Å². The predicted molar refractivity (Wildman–Crippen MR) is 92.0 cm³/mol. The van der Waals surface area contributed by atoms with Crippen LogP contribution < -0.4 is 15.6 Å². The number of pyridine rings is 2. The minimum atomic E-state index is -0.0762. The van der Waals surface area contributed by atoms with Crippen molar-refractivity contribution < 1.29 is 4.74 Å². The number of nitrogens with one attached hydrogen (secondary N) is 2. The number of aryl methyl sites for hydroxylation is 1. The maximum Gasteiger partial charge on any atom is 0.253 e. The fraction of sp³-hybridized carbons (Fsp3) is 0.222. The van der Waals surface area contributed by atoms with Gasteiger partial charge in [-0.25, -0.2) is 4.98 Å². The van der Waals surface area contributed by atoms with Crippen molar-refractivity contribution in [3.05, 3.63) is 64.1 Å². The van der Waals surface area contributed by atoms with Gasteiger partial charge in [0, 0.05) is 23.7 Å². The van der Waals surface area contributed by atoms with Crippen molar-refractivity contribution in [2.24, 2.45) is 0 Å². The van der Waals surface area contributed by atoms with E-state index in [0.717, 1.165) is 16.6 Å². The summed E-state index contributed by atoms with van der Waals surface area (Å²) in [6.07, 6.45) is 1.70. The Balaban J connectivity index is 1.78. The number of aromatic amines is 1. The molecule has 0 aliphatic rings. The minimum absolute atomic E-state index is 0.0762. The Morgan fingerprint density at radius 3 is 2.83 bits per heavy atom. The van der Waals surface area contributed by atoms with Crippen LogP contribution in [0.1, 0.15) is 18.1 Å². The van der Waals surface area contributed by atoms with Gasteiger partial charge in [0.15, 0.2) is 0 Å². The van der Waals surface area contributed by atoms with Crippen LogP contribution in [-0.2, 0) is 6.54 Å². The molecule has 0 radical (unpaired) electrons. The molecule has 0 atom stereocenters. The van der Waals surface area contributed by atoms with Gasteiger partial charge in [0.1, 0.15) is 0 Å². The number of aromatic nitrogens is 2. The molecule has 0 bridgehead atoms. The van der Waals surface area contributed by atoms with Crippen LogP contribution in [-0.4, -0.2) is 16.6 Å². The van der Waals surface area contributed by atoms with Crippen molar-refractivity contribution >= 4 is 16.6 Å². The fourth-order valence-corrected chi connectivity index (χ4v) is 2.42. The highest BCUT2D eigenvalue weighted by atomic mass is 16.5. The van der Waals surface area contributed by atoms with Gasteiger partial charge in [0.2, 0.25) is 5.88 Å². The van der Waals surface area contributed by atoms with Crippen LogP contribution in [0.25, 0.3) is 10.9 Å². The first-order chi connectivity index (χ1) is 11.2. The molecule has 3 aromatic rings. The van der Waals surface area contributed by atoms with Crippen molar-refractivity contribution in [2.75, 3.05) is 11.9 Å². The minimum Gasteiger partial charge on any atom is -0.478 e. The van der Waals surface area contributed by atoms with E-state index in [4.69, 9.17) is 4.74 Å². The Bertz CT molecular complexity index is 870. The number of benzene rings is 1. The second-order valence-electron chi connectivity index (χ2n) is 5.39. The molecule has 0 saturated heterocycles. The number of hydrogen-bond acceptors (Lipinski definition) is 4. The first kappa shape index (κ1) is 15.1. The van der Waals surface area contributed by atoms with Crippen molar-refractivity contribution in [3.63, 3.8) is 0 Å². The Morgan fingerprint density at radius 2 is 2.09 bits per heavy atom. The van der Waals surface area contributed by atoms with Crippen molar-refractivity contribution in [1.82, 2.24) is 9.97 Å². The monoisotopic (exact) mass is 309 g/mol. The topological polar surface area (TPSA) is 67.0 Å². The molecule has 23 heavy (non-hydrogen) atoms. The van der Waals surface area contributed by atoms with Gasteiger partial charge in [0.25, 0.3) is 5.56 Å². The van der Waals surface area contributed by atoms with Crippen LogP contribution in [0.15, 0.2) is 47.4 Å². The second-order valence-corrected chi connectivity index (χ2v) is 5.39. The summed E-state index contributed by atoms with van der Waals surface area (Å²) in [6.45, 7) is 4.98. The van der Waals surface area contributed by atoms with Gasteiger partial charge in [-0.2, -0.15) is 0 Å². The highest BCUT2D eigenvalue weighted by Crippen LogP contribution is 2.15. The molecule has 2 N–H and O–H groups in total. The molecule has 2 heterocycles. The first-order valence-electron chi connectivity index (χ1n) is 7.61. The summed E-state index contributed by atoms with van der Waals surface area (Å²) in [5.41, 5.74) is 3.48. The summed E-state index contributed by atoms with van der Waals surface area (Å²) in [5.74, 6) is 0.595. The van der Waals surface area contributed by atoms with E-state index in [1.807, 2.05) is 38.1 Å². The molecule has 0 aliphatic heterocycles. The zero-order chi connectivity index (χ0) is 16.2. The van der Waals surface area contributed by atoms with Crippen molar-refractivity contribution in [3.8, 4) is 5.88 Å². The summed E-state index contributed by atoms with van der Waals surface area (Å²) in [5, 5.41) is 4.25. The van der Waals surface area contributed by atoms with Gasteiger partial charge in [-0.15, -0.1) is 0 Å². The SMILES string of the molecule is CCOc1ccc(NCc2cc3cc(C)ccc3[nH]c2=O)cn1. The number of fused-ring (bicyclic) bond motifs is 1. The lowest BCUT2D eigenvalue weighted by atomic mass is 10.1. The highest BCUT2D eigenvalue weighted by molar-refractivity contribution is 5.79. The highest BCUT2D eigenvalue weighted by Gasteiger charge is 2.04. The largest absolute Gasteiger partial charge is 0.478 e. The maximum absolute atomic E-state index is 12.1. The zero-order valence-corrected chi connectivity index (χ0v) is 13.2. The molecule has 3 rings (SSSR count). The molecule has 118 valence electrons. The Labute approximate surface area is 134 Å². The van der Waals surface area contributed by atoms with Crippen molar-refractivity contribution in [1.29, 1.82) is 0 Å². The van der Waals surface area contributed by atoms with Gasteiger partial charge in [0.05, 0.1) is 18.5 Å². The standard InChI is InChI=1S/C18H19N3O2/c1-3-23-17-7-5-15(11-20-17)19-10-14-9-13-8-12(2)4-6-16(13)21-18(14)22/h4-9,11,19H,3,10H2,1-2H3,(H,21,22). The summed E-state index contributed by atoms with van der Waals surface area (Å²) in [4.78, 5) is 19.3. The summed E-state index contributed by atoms with van der Waals surface area (Å²) in [7, 11) is 0. The molecule has 0 unspecified atom stereocenters. The Kier molecular flexibility index (Phi) is 4.28. The lowest BCUT2D eigenvalue weighted by Crippen LogP contribution is -2.15. The smallest absolute Gasteiger partial charge is 0.253 e. The number of rotatable bonds is 5. The third kappa shape index (κ3) is 3.51. The van der Waals surface area contributed by atoms with Gasteiger partial charge >= 0.3 is 0 Å². The molecule has 0 fully saturated rings. The Hall–Kier alpha value is -2.82. The van der Waals surface area contributed by atoms with E-state index in [9.17, 15) is 4.79 Å². The van der Waals surface area contributed by atoms with E-state index < -0.39 is 0 Å². The second kappa shape index (κ2) is 6.52. The number of hydrogen-bond donors (Lipinski definition) is 2. The number of nitrogens with zero attached hydrogens (tertiary/aromatic N) is 1. The number of anilines is 1. The Morgan fingerprint density at radius 1 is 1.22 bits per heavy atom. The fourth-order valence-electron chi connectivity index (χ4n) is 2.42. The van der Waals surface area contributed by atoms with Crippen molar-refractivity contribution in [2.45, 2.75) is 20.4 Å². The molecule has 5 nitrogen and oxygen atoms in total. The van der Waals surface area contributed by atoms with E-state index in [0.29, 0.717) is 24.6 Å². The van der Waals surface area contributed by atoms with Crippen LogP contribution in [0.2, 0.25) is 0 Å². The molecular weight excluding hydrogens is 290 g/mol. The summed E-state index contributed by atoms with van der Waals surface area (Å²) >= 11 is 0. The molecule has 1 aromatic carbocycles. The lowest BCUT2D eigenvalue weighted by molar-refractivity contribution is 0.327. The number of H-pyrrole nitrogens is 1. The van der Waals surface area contributed by atoms with Crippen LogP contribution in [0.5, 0.6) is 5.88 Å². The van der Waals surface area contributed by atoms with Gasteiger partial charge in [-0.05, 0) is 43.5 Å². The van der Waals surface area contributed by atoms with Gasteiger partial charge in [-0.3, -0.25) is 4.79 Å². The number of ether oxygens (including phenoxy) is 1. The molecule has 0 spiro atoms. The van der Waals surface area contributed by atoms with E-state index in [1.54, 1.807) is 12.3 Å². The van der Waals surface area contributed by atoms with Gasteiger partial charge in [-0.1, -0.05) is 11.6 Å². The molecule has 2 aromatic heterocycles. The summed E-state index contributed by atoms with van der Waals surface area (Å²) < 4.78 is 5.31. The third-order valence-electron chi connectivity index (χ3n) is 3.59. The predicted octanol–water partition coefficient (Wildman–Crippen LogP) is 3.24. The van der Waals surface area contributed by atoms with Gasteiger partial charge < -0.3 is 15.0 Å². The molecule has 0 aliphatic carbocycles. The molecule has 0 amide bonds.